The maximum absolute atomic E-state index is 12.4. The number of carbonyl (C=O) groups excluding carboxylic acids is 1. The fraction of sp³-hybridized carbons (Fsp3) is 0.789. The molecule has 0 aromatic carbocycles. The van der Waals surface area contributed by atoms with Crippen molar-refractivity contribution in [2.75, 3.05) is 26.3 Å². The molecule has 6 heteroatoms. The van der Waals surface area contributed by atoms with E-state index >= 15 is 0 Å². The highest BCUT2D eigenvalue weighted by Gasteiger charge is 2.44. The molecule has 138 valence electrons. The van der Waals surface area contributed by atoms with Gasteiger partial charge in [-0.3, -0.25) is 14.4 Å². The van der Waals surface area contributed by atoms with E-state index in [9.17, 15) is 4.79 Å². The van der Waals surface area contributed by atoms with Crippen molar-refractivity contribution in [3.8, 4) is 0 Å². The van der Waals surface area contributed by atoms with E-state index < -0.39 is 0 Å². The number of ether oxygens (including phenoxy) is 1. The summed E-state index contributed by atoms with van der Waals surface area (Å²) in [7, 11) is 0. The van der Waals surface area contributed by atoms with Gasteiger partial charge in [-0.05, 0) is 50.0 Å². The van der Waals surface area contributed by atoms with Gasteiger partial charge in [0.05, 0.1) is 0 Å². The number of hydrogen-bond donors (Lipinski definition) is 1. The molecule has 1 N–H and O–H groups in total. The van der Waals surface area contributed by atoms with Gasteiger partial charge in [-0.15, -0.1) is 0 Å². The van der Waals surface area contributed by atoms with Crippen molar-refractivity contribution in [3.63, 3.8) is 0 Å². The molecule has 25 heavy (non-hydrogen) atoms. The van der Waals surface area contributed by atoms with Gasteiger partial charge in [-0.25, -0.2) is 0 Å². The minimum atomic E-state index is 0.205. The van der Waals surface area contributed by atoms with Gasteiger partial charge in [0.1, 0.15) is 0 Å². The number of carbonyl (C=O) groups is 1. The van der Waals surface area contributed by atoms with Crippen molar-refractivity contribution >= 4 is 5.91 Å². The Labute approximate surface area is 149 Å². The Balaban J connectivity index is 1.26. The number of amides is 1. The monoisotopic (exact) mass is 346 g/mol. The number of likely N-dealkylation sites (tertiary alicyclic amines) is 1. The Morgan fingerprint density at radius 3 is 2.76 bits per heavy atom. The van der Waals surface area contributed by atoms with Gasteiger partial charge < -0.3 is 10.1 Å². The summed E-state index contributed by atoms with van der Waals surface area (Å²) in [6.07, 6.45) is 10.1. The highest BCUT2D eigenvalue weighted by molar-refractivity contribution is 5.76. The van der Waals surface area contributed by atoms with Crippen LogP contribution in [0.15, 0.2) is 18.5 Å². The Bertz CT molecular complexity index is 552. The zero-order chi connectivity index (χ0) is 17.1. The Morgan fingerprint density at radius 1 is 1.20 bits per heavy atom. The molecule has 0 unspecified atom stereocenters. The summed E-state index contributed by atoms with van der Waals surface area (Å²) in [6.45, 7) is 4.77. The van der Waals surface area contributed by atoms with Gasteiger partial charge in [0.25, 0.3) is 0 Å². The molecular weight excluding hydrogens is 316 g/mol. The lowest BCUT2D eigenvalue weighted by molar-refractivity contribution is -0.122. The largest absolute Gasteiger partial charge is 0.381 e. The molecule has 6 nitrogen and oxygen atoms in total. The normalized spacial score (nSPS) is 28.3. The van der Waals surface area contributed by atoms with Crippen molar-refractivity contribution in [2.45, 2.75) is 57.2 Å². The zero-order valence-electron chi connectivity index (χ0n) is 15.0. The molecule has 2 atom stereocenters. The minimum Gasteiger partial charge on any atom is -0.381 e. The minimum absolute atomic E-state index is 0.205. The third-order valence-electron chi connectivity index (χ3n) is 6.02. The van der Waals surface area contributed by atoms with Crippen LogP contribution in [0.25, 0.3) is 0 Å². The van der Waals surface area contributed by atoms with E-state index in [4.69, 9.17) is 4.74 Å². The van der Waals surface area contributed by atoms with Crippen LogP contribution in [0.2, 0.25) is 0 Å². The first kappa shape index (κ1) is 17.0. The molecule has 1 saturated carbocycles. The summed E-state index contributed by atoms with van der Waals surface area (Å²) in [6, 6.07) is 2.91. The van der Waals surface area contributed by atoms with E-state index in [1.54, 1.807) is 6.20 Å². The number of nitrogens with zero attached hydrogens (tertiary/aromatic N) is 3. The molecule has 2 saturated heterocycles. The molecule has 1 aromatic heterocycles. The van der Waals surface area contributed by atoms with E-state index in [0.717, 1.165) is 58.0 Å². The predicted octanol–water partition coefficient (Wildman–Crippen LogP) is 1.67. The quantitative estimate of drug-likeness (QED) is 0.816. The number of hydrogen-bond acceptors (Lipinski definition) is 4. The second-order valence-electron chi connectivity index (χ2n) is 7.85. The topological polar surface area (TPSA) is 59.4 Å². The summed E-state index contributed by atoms with van der Waals surface area (Å²) in [4.78, 5) is 15.0. The van der Waals surface area contributed by atoms with Crippen LogP contribution in [0.5, 0.6) is 0 Å². The van der Waals surface area contributed by atoms with Crippen molar-refractivity contribution in [2.24, 2.45) is 11.8 Å². The first-order valence-electron chi connectivity index (χ1n) is 9.88. The van der Waals surface area contributed by atoms with Gasteiger partial charge in [0.2, 0.25) is 5.91 Å². The van der Waals surface area contributed by atoms with Crippen LogP contribution in [0.4, 0.5) is 0 Å². The van der Waals surface area contributed by atoms with E-state index in [-0.39, 0.29) is 5.91 Å². The smallest absolute Gasteiger partial charge is 0.220 e. The highest BCUT2D eigenvalue weighted by atomic mass is 16.5. The maximum atomic E-state index is 12.4. The molecule has 0 bridgehead atoms. The number of aryl methyl sites for hydroxylation is 1. The van der Waals surface area contributed by atoms with Gasteiger partial charge in [-0.2, -0.15) is 5.10 Å². The van der Waals surface area contributed by atoms with Crippen LogP contribution in [0, 0.1) is 11.8 Å². The average Bonchev–Trinajstić information content (AvgIpc) is 3.17. The van der Waals surface area contributed by atoms with Crippen LogP contribution in [0.3, 0.4) is 0 Å². The molecule has 1 aliphatic carbocycles. The summed E-state index contributed by atoms with van der Waals surface area (Å²) < 4.78 is 7.40. The van der Waals surface area contributed by atoms with Crippen molar-refractivity contribution in [1.82, 2.24) is 20.0 Å². The second kappa shape index (κ2) is 7.87. The Morgan fingerprint density at radius 2 is 2.04 bits per heavy atom. The lowest BCUT2D eigenvalue weighted by Gasteiger charge is -2.31. The molecule has 3 heterocycles. The number of aromatic nitrogens is 2. The molecule has 1 aromatic rings. The number of rotatable bonds is 7. The van der Waals surface area contributed by atoms with Crippen molar-refractivity contribution < 1.29 is 9.53 Å². The van der Waals surface area contributed by atoms with Gasteiger partial charge in [0, 0.05) is 63.7 Å². The summed E-state index contributed by atoms with van der Waals surface area (Å²) in [5, 5.41) is 7.55. The second-order valence-corrected chi connectivity index (χ2v) is 7.85. The predicted molar refractivity (Wildman–Crippen MR) is 95.0 cm³/mol. The Kier molecular flexibility index (Phi) is 5.36. The number of nitrogens with one attached hydrogen (secondary N) is 1. The first-order chi connectivity index (χ1) is 12.3. The van der Waals surface area contributed by atoms with Crippen LogP contribution in [-0.4, -0.2) is 59.0 Å². The summed E-state index contributed by atoms with van der Waals surface area (Å²) in [5.41, 5.74) is 0. The molecule has 1 amide bonds. The van der Waals surface area contributed by atoms with Crippen molar-refractivity contribution in [3.05, 3.63) is 18.5 Å². The highest BCUT2D eigenvalue weighted by Crippen LogP contribution is 2.42. The SMILES string of the molecule is O=C(CCCn1cccn1)N[C@@H]1CN(C2CCOCC2)C[C@H]1C1CC1. The molecule has 3 fully saturated rings. The lowest BCUT2D eigenvalue weighted by Crippen LogP contribution is -2.43. The van der Waals surface area contributed by atoms with E-state index in [1.807, 2.05) is 16.9 Å². The lowest BCUT2D eigenvalue weighted by atomic mass is 9.98. The molecule has 2 aliphatic heterocycles. The summed E-state index contributed by atoms with van der Waals surface area (Å²) in [5.74, 6) is 1.69. The molecule has 0 spiro atoms. The van der Waals surface area contributed by atoms with E-state index in [1.165, 1.54) is 12.8 Å². The van der Waals surface area contributed by atoms with E-state index in [2.05, 4.69) is 15.3 Å². The Hall–Kier alpha value is -1.40. The first-order valence-corrected chi connectivity index (χ1v) is 9.88. The summed E-state index contributed by atoms with van der Waals surface area (Å²) >= 11 is 0. The van der Waals surface area contributed by atoms with E-state index in [0.29, 0.717) is 24.4 Å². The molecule has 0 radical (unpaired) electrons. The van der Waals surface area contributed by atoms with Crippen LogP contribution < -0.4 is 5.32 Å². The fourth-order valence-electron chi connectivity index (χ4n) is 4.48. The molecule has 4 rings (SSSR count). The fourth-order valence-corrected chi connectivity index (χ4v) is 4.48. The third kappa shape index (κ3) is 4.42. The van der Waals surface area contributed by atoms with Gasteiger partial charge in [-0.1, -0.05) is 0 Å². The van der Waals surface area contributed by atoms with Gasteiger partial charge in [0.15, 0.2) is 0 Å². The van der Waals surface area contributed by atoms with Gasteiger partial charge >= 0.3 is 0 Å². The molecule has 3 aliphatic rings. The maximum Gasteiger partial charge on any atom is 0.220 e. The molecular formula is C19H30N4O2. The van der Waals surface area contributed by atoms with Crippen LogP contribution in [0.1, 0.15) is 38.5 Å². The average molecular weight is 346 g/mol. The third-order valence-corrected chi connectivity index (χ3v) is 6.02. The standard InChI is InChI=1S/C19H30N4O2/c24-19(3-1-9-23-10-2-8-20-23)21-18-14-22(13-17(18)15-4-5-15)16-6-11-25-12-7-16/h2,8,10,15-18H,1,3-7,9,11-14H2,(H,21,24)/t17-,18+/m0/s1. The van der Waals surface area contributed by atoms with Crippen LogP contribution in [-0.2, 0) is 16.1 Å². The zero-order valence-corrected chi connectivity index (χ0v) is 15.0. The van der Waals surface area contributed by atoms with Crippen molar-refractivity contribution in [1.29, 1.82) is 0 Å². The van der Waals surface area contributed by atoms with Crippen LogP contribution >= 0.6 is 0 Å².